The smallest absolute Gasteiger partial charge is 0.366 e. The van der Waals surface area contributed by atoms with Crippen LogP contribution in [0.5, 0.6) is 0 Å². The maximum Gasteiger partial charge on any atom is 0.417 e. The Morgan fingerprint density at radius 2 is 1.00 bits per heavy atom. The number of nitrogens with two attached hydrogens (primary N) is 1. The Morgan fingerprint density at radius 3 is 1.24 bits per heavy atom. The summed E-state index contributed by atoms with van der Waals surface area (Å²) in [7, 11) is 0. The van der Waals surface area contributed by atoms with E-state index < -0.39 is 64.5 Å². The van der Waals surface area contributed by atoms with E-state index in [0.717, 1.165) is 0 Å². The highest BCUT2D eigenvalue weighted by atomic mass is 19.4. The number of hydrogen-bond acceptors (Lipinski definition) is 1. The molecule has 0 radical (unpaired) electrons. The Hall–Kier alpha value is -2.15. The van der Waals surface area contributed by atoms with Gasteiger partial charge in [0.15, 0.2) is 0 Å². The molecule has 14 heteroatoms. The first-order valence-corrected chi connectivity index (χ1v) is 5.59. The van der Waals surface area contributed by atoms with Gasteiger partial charge in [-0.2, -0.15) is 52.7 Å². The molecular weight excluding hydrogens is 390 g/mol. The second kappa shape index (κ2) is 5.69. The number of alkyl halides is 12. The molecule has 1 amide bonds. The van der Waals surface area contributed by atoms with Crippen LogP contribution in [0.25, 0.3) is 0 Å². The maximum absolute atomic E-state index is 12.9. The van der Waals surface area contributed by atoms with E-state index in [4.69, 9.17) is 0 Å². The van der Waals surface area contributed by atoms with Gasteiger partial charge in [0.05, 0.1) is 27.8 Å². The average molecular weight is 393 g/mol. The third-order valence-electron chi connectivity index (χ3n) is 2.75. The lowest BCUT2D eigenvalue weighted by Gasteiger charge is -2.25. The van der Waals surface area contributed by atoms with Crippen LogP contribution in [-0.2, 0) is 24.7 Å². The van der Waals surface area contributed by atoms with Crippen LogP contribution in [0.3, 0.4) is 0 Å². The van der Waals surface area contributed by atoms with Crippen LogP contribution < -0.4 is 5.73 Å². The molecule has 1 rings (SSSR count). The second-order valence-corrected chi connectivity index (χ2v) is 4.45. The molecule has 0 spiro atoms. The molecule has 0 aliphatic rings. The summed E-state index contributed by atoms with van der Waals surface area (Å²) in [6.45, 7) is 0. The quantitative estimate of drug-likeness (QED) is 0.681. The summed E-state index contributed by atoms with van der Waals surface area (Å²) in [5.74, 6) is -2.63. The van der Waals surface area contributed by atoms with Gasteiger partial charge < -0.3 is 5.73 Å². The van der Waals surface area contributed by atoms with Crippen molar-refractivity contribution in [3.63, 3.8) is 0 Å². The van der Waals surface area contributed by atoms with Crippen molar-refractivity contribution in [3.8, 4) is 0 Å². The molecule has 2 nitrogen and oxygen atoms in total. The van der Waals surface area contributed by atoms with Crippen LogP contribution in [0.15, 0.2) is 6.07 Å². The highest BCUT2D eigenvalue weighted by Gasteiger charge is 2.54. The van der Waals surface area contributed by atoms with E-state index in [-0.39, 0.29) is 0 Å². The minimum atomic E-state index is -6.39. The summed E-state index contributed by atoms with van der Waals surface area (Å²) >= 11 is 0. The zero-order valence-electron chi connectivity index (χ0n) is 11.1. The fourth-order valence-electron chi connectivity index (χ4n) is 1.96. The zero-order valence-corrected chi connectivity index (χ0v) is 11.1. The largest absolute Gasteiger partial charge is 0.417 e. The first-order chi connectivity index (χ1) is 10.8. The van der Waals surface area contributed by atoms with Gasteiger partial charge in [-0.1, -0.05) is 0 Å². The Kier molecular flexibility index (Phi) is 4.76. The van der Waals surface area contributed by atoms with Crippen molar-refractivity contribution in [2.75, 3.05) is 0 Å². The van der Waals surface area contributed by atoms with Crippen molar-refractivity contribution in [3.05, 3.63) is 33.9 Å². The van der Waals surface area contributed by atoms with Gasteiger partial charge in [0.1, 0.15) is 0 Å². The molecule has 0 atom stereocenters. The van der Waals surface area contributed by atoms with Gasteiger partial charge in [0.2, 0.25) is 5.91 Å². The first kappa shape index (κ1) is 20.9. The third-order valence-corrected chi connectivity index (χ3v) is 2.75. The number of benzene rings is 1. The Bertz CT molecular complexity index is 691. The molecule has 1 aromatic carbocycles. The molecule has 0 saturated heterocycles. The lowest BCUT2D eigenvalue weighted by Crippen LogP contribution is -2.31. The van der Waals surface area contributed by atoms with Gasteiger partial charge in [-0.15, -0.1) is 0 Å². The molecule has 142 valence electrons. The van der Waals surface area contributed by atoms with Gasteiger partial charge in [-0.3, -0.25) is 4.79 Å². The standard InChI is InChI=1S/C11H3F12NO/c12-8(13,14)2-1-3(9(15,16)17)5(10(18,19)20)6(11(21,22)23)4(2)7(24)25/h1H,(H2,24,25). The van der Waals surface area contributed by atoms with Crippen molar-refractivity contribution in [2.45, 2.75) is 24.7 Å². The summed E-state index contributed by atoms with van der Waals surface area (Å²) in [4.78, 5) is 10.9. The van der Waals surface area contributed by atoms with Crippen molar-refractivity contribution >= 4 is 5.91 Å². The number of carbonyl (C=O) groups is 1. The maximum atomic E-state index is 12.9. The molecule has 0 aromatic heterocycles. The van der Waals surface area contributed by atoms with Gasteiger partial charge in [-0.05, 0) is 6.07 Å². The summed E-state index contributed by atoms with van der Waals surface area (Å²) in [6, 6.07) is -1.22. The summed E-state index contributed by atoms with van der Waals surface area (Å²) < 4.78 is 153. The van der Waals surface area contributed by atoms with Crippen LogP contribution >= 0.6 is 0 Å². The number of carbonyl (C=O) groups excluding carboxylic acids is 1. The Morgan fingerprint density at radius 1 is 0.640 bits per heavy atom. The topological polar surface area (TPSA) is 43.1 Å². The van der Waals surface area contributed by atoms with Crippen LogP contribution in [0.4, 0.5) is 52.7 Å². The number of hydrogen-bond donors (Lipinski definition) is 1. The average Bonchev–Trinajstić information content (AvgIpc) is 2.31. The minimum Gasteiger partial charge on any atom is -0.366 e. The predicted octanol–water partition coefficient (Wildman–Crippen LogP) is 4.86. The van der Waals surface area contributed by atoms with Crippen LogP contribution in [0, 0.1) is 0 Å². The number of halogens is 12. The van der Waals surface area contributed by atoms with E-state index in [0.29, 0.717) is 0 Å². The summed E-state index contributed by atoms with van der Waals surface area (Å²) in [5, 5.41) is 0. The minimum absolute atomic E-state index is 1.22. The fourth-order valence-corrected chi connectivity index (χ4v) is 1.96. The van der Waals surface area contributed by atoms with Crippen LogP contribution in [0.1, 0.15) is 32.6 Å². The van der Waals surface area contributed by atoms with E-state index >= 15 is 0 Å². The monoisotopic (exact) mass is 393 g/mol. The number of primary amides is 1. The zero-order chi connectivity index (χ0) is 20.2. The fraction of sp³-hybridized carbons (Fsp3) is 0.364. The molecule has 0 aliphatic carbocycles. The molecule has 25 heavy (non-hydrogen) atoms. The molecular formula is C11H3F12NO. The van der Waals surface area contributed by atoms with Gasteiger partial charge in [-0.25, -0.2) is 0 Å². The lowest BCUT2D eigenvalue weighted by atomic mass is 9.89. The van der Waals surface area contributed by atoms with Gasteiger partial charge in [0, 0.05) is 0 Å². The Labute approximate surface area is 129 Å². The second-order valence-electron chi connectivity index (χ2n) is 4.45. The van der Waals surface area contributed by atoms with E-state index in [2.05, 4.69) is 5.73 Å². The predicted molar refractivity (Wildman–Crippen MR) is 55.0 cm³/mol. The normalized spacial score (nSPS) is 13.9. The van der Waals surface area contributed by atoms with Crippen molar-refractivity contribution in [2.24, 2.45) is 5.73 Å². The number of rotatable bonds is 1. The molecule has 1 aromatic rings. The van der Waals surface area contributed by atoms with Crippen molar-refractivity contribution in [1.82, 2.24) is 0 Å². The molecule has 0 bridgehead atoms. The van der Waals surface area contributed by atoms with Crippen molar-refractivity contribution < 1.29 is 57.5 Å². The number of amides is 1. The SMILES string of the molecule is NC(=O)c1c(C(F)(F)F)cc(C(F)(F)F)c(C(F)(F)F)c1C(F)(F)F. The molecule has 0 fully saturated rings. The molecule has 0 saturated carbocycles. The summed E-state index contributed by atoms with van der Waals surface area (Å²) in [6.07, 6.45) is -25.0. The van der Waals surface area contributed by atoms with E-state index in [1.54, 1.807) is 0 Å². The van der Waals surface area contributed by atoms with E-state index in [9.17, 15) is 57.5 Å². The summed E-state index contributed by atoms with van der Waals surface area (Å²) in [5.41, 5.74) is -11.5. The Balaban J connectivity index is 4.35. The van der Waals surface area contributed by atoms with Gasteiger partial charge in [0.25, 0.3) is 0 Å². The van der Waals surface area contributed by atoms with E-state index in [1.165, 1.54) is 0 Å². The van der Waals surface area contributed by atoms with E-state index in [1.807, 2.05) is 0 Å². The molecule has 2 N–H and O–H groups in total. The molecule has 0 aliphatic heterocycles. The lowest BCUT2D eigenvalue weighted by molar-refractivity contribution is -0.176. The highest BCUT2D eigenvalue weighted by molar-refractivity contribution is 5.97. The highest BCUT2D eigenvalue weighted by Crippen LogP contribution is 2.50. The van der Waals surface area contributed by atoms with Crippen molar-refractivity contribution in [1.29, 1.82) is 0 Å². The van der Waals surface area contributed by atoms with Crippen LogP contribution in [0.2, 0.25) is 0 Å². The first-order valence-electron chi connectivity index (χ1n) is 5.59. The molecule has 0 unspecified atom stereocenters. The molecule has 0 heterocycles. The third kappa shape index (κ3) is 4.10. The van der Waals surface area contributed by atoms with Crippen LogP contribution in [-0.4, -0.2) is 5.91 Å². The van der Waals surface area contributed by atoms with Gasteiger partial charge >= 0.3 is 24.7 Å².